The van der Waals surface area contributed by atoms with Crippen LogP contribution in [0.25, 0.3) is 5.76 Å². The molecule has 3 heterocycles. The lowest BCUT2D eigenvalue weighted by Crippen LogP contribution is -2.38. The Morgan fingerprint density at radius 1 is 0.943 bits per heavy atom. The van der Waals surface area contributed by atoms with Gasteiger partial charge in [0.05, 0.1) is 24.8 Å². The number of carbonyl (C=O) groups excluding carboxylic acids is 2. The Hall–Kier alpha value is -2.88. The summed E-state index contributed by atoms with van der Waals surface area (Å²) in [5.74, 6) is -0.416. The zero-order valence-corrected chi connectivity index (χ0v) is 20.8. The number of amides is 1. The van der Waals surface area contributed by atoms with Crippen molar-refractivity contribution in [3.8, 4) is 11.5 Å². The first-order valence-electron chi connectivity index (χ1n) is 11.8. The van der Waals surface area contributed by atoms with Gasteiger partial charge in [0, 0.05) is 36.2 Å². The van der Waals surface area contributed by atoms with E-state index >= 15 is 0 Å². The molecule has 0 saturated carbocycles. The van der Waals surface area contributed by atoms with Gasteiger partial charge in [-0.15, -0.1) is 0 Å². The van der Waals surface area contributed by atoms with E-state index in [0.29, 0.717) is 56.5 Å². The Bertz CT molecular complexity index is 1140. The molecule has 35 heavy (non-hydrogen) atoms. The Morgan fingerprint density at radius 3 is 2.40 bits per heavy atom. The molecule has 2 aromatic rings. The van der Waals surface area contributed by atoms with E-state index in [1.807, 2.05) is 24.3 Å². The fraction of sp³-hybridized carbons (Fsp3) is 0.385. The van der Waals surface area contributed by atoms with Crippen molar-refractivity contribution in [3.63, 3.8) is 0 Å². The average molecular weight is 543 g/mol. The summed E-state index contributed by atoms with van der Waals surface area (Å²) in [5.41, 5.74) is 1.25. The first kappa shape index (κ1) is 23.8. The molecule has 1 amide bonds. The third-order valence-corrected chi connectivity index (χ3v) is 7.05. The van der Waals surface area contributed by atoms with Crippen LogP contribution in [0.3, 0.4) is 0 Å². The fourth-order valence-corrected chi connectivity index (χ4v) is 5.00. The summed E-state index contributed by atoms with van der Waals surface area (Å²) in [6.45, 7) is 5.21. The molecule has 2 fully saturated rings. The minimum Gasteiger partial charge on any atom is -0.507 e. The molecule has 1 unspecified atom stereocenters. The smallest absolute Gasteiger partial charge is 0.295 e. The maximum absolute atomic E-state index is 13.2. The number of Topliss-reactive ketones (excluding diaryl/α,β-unsaturated/α-hetero) is 1. The number of ketones is 1. The minimum absolute atomic E-state index is 0.0837. The van der Waals surface area contributed by atoms with Gasteiger partial charge < -0.3 is 24.2 Å². The highest BCUT2D eigenvalue weighted by Gasteiger charge is 2.45. The standard InChI is InChI=1S/C26H27BrN2O6/c27-19-5-2-17(3-6-19)23-22(24(30)18-4-7-20-21(16-18)35-15-14-34-20)25(31)26(32)29(23)9-1-8-28-10-12-33-13-11-28/h2-7,16,23,30H,1,8-15H2. The second-order valence-electron chi connectivity index (χ2n) is 8.71. The van der Waals surface area contributed by atoms with E-state index in [4.69, 9.17) is 14.2 Å². The van der Waals surface area contributed by atoms with E-state index in [1.165, 1.54) is 0 Å². The number of nitrogens with zero attached hydrogens (tertiary/aromatic N) is 2. The summed E-state index contributed by atoms with van der Waals surface area (Å²) < 4.78 is 17.5. The molecule has 0 radical (unpaired) electrons. The molecule has 0 aliphatic carbocycles. The molecule has 0 bridgehead atoms. The van der Waals surface area contributed by atoms with E-state index < -0.39 is 17.7 Å². The number of ether oxygens (including phenoxy) is 3. The van der Waals surface area contributed by atoms with Crippen LogP contribution in [0.1, 0.15) is 23.6 Å². The number of benzene rings is 2. The number of halogens is 1. The molecule has 5 rings (SSSR count). The van der Waals surface area contributed by atoms with Crippen LogP contribution in [0.2, 0.25) is 0 Å². The number of hydrogen-bond acceptors (Lipinski definition) is 7. The quantitative estimate of drug-likeness (QED) is 0.340. The van der Waals surface area contributed by atoms with Crippen LogP contribution >= 0.6 is 15.9 Å². The van der Waals surface area contributed by atoms with Crippen molar-refractivity contribution in [2.75, 3.05) is 52.6 Å². The molecule has 2 aromatic carbocycles. The monoisotopic (exact) mass is 542 g/mol. The molecule has 9 heteroatoms. The largest absolute Gasteiger partial charge is 0.507 e. The summed E-state index contributed by atoms with van der Waals surface area (Å²) in [7, 11) is 0. The zero-order valence-electron chi connectivity index (χ0n) is 19.2. The summed E-state index contributed by atoms with van der Waals surface area (Å²) in [4.78, 5) is 30.3. The van der Waals surface area contributed by atoms with Crippen LogP contribution in [-0.4, -0.2) is 79.2 Å². The van der Waals surface area contributed by atoms with Crippen molar-refractivity contribution in [1.82, 2.24) is 9.80 Å². The van der Waals surface area contributed by atoms with Crippen molar-refractivity contribution in [3.05, 3.63) is 63.6 Å². The SMILES string of the molecule is O=C1C(=O)N(CCCN2CCOCC2)C(c2ccc(Br)cc2)C1=C(O)c1ccc2c(c1)OCCO2. The summed E-state index contributed by atoms with van der Waals surface area (Å²) in [5, 5.41) is 11.3. The van der Waals surface area contributed by atoms with Crippen LogP contribution in [-0.2, 0) is 14.3 Å². The molecule has 1 N–H and O–H groups in total. The van der Waals surface area contributed by atoms with Gasteiger partial charge in [-0.05, 0) is 42.3 Å². The number of likely N-dealkylation sites (tertiary alicyclic amines) is 1. The molecule has 2 saturated heterocycles. The predicted octanol–water partition coefficient (Wildman–Crippen LogP) is 3.36. The number of carbonyl (C=O) groups is 2. The summed E-state index contributed by atoms with van der Waals surface area (Å²) >= 11 is 3.44. The van der Waals surface area contributed by atoms with Crippen molar-refractivity contribution in [2.45, 2.75) is 12.5 Å². The third-order valence-electron chi connectivity index (χ3n) is 6.52. The van der Waals surface area contributed by atoms with E-state index in [9.17, 15) is 14.7 Å². The molecular formula is C26H27BrN2O6. The van der Waals surface area contributed by atoms with Crippen LogP contribution in [0, 0.1) is 0 Å². The van der Waals surface area contributed by atoms with Gasteiger partial charge >= 0.3 is 0 Å². The van der Waals surface area contributed by atoms with Crippen molar-refractivity contribution >= 4 is 33.4 Å². The average Bonchev–Trinajstić information content (AvgIpc) is 3.14. The molecule has 3 aliphatic rings. The summed E-state index contributed by atoms with van der Waals surface area (Å²) in [6, 6.07) is 11.8. The molecule has 184 valence electrons. The predicted molar refractivity (Wildman–Crippen MR) is 132 cm³/mol. The second kappa shape index (κ2) is 10.4. The Kier molecular flexibility index (Phi) is 7.08. The van der Waals surface area contributed by atoms with Crippen LogP contribution in [0.5, 0.6) is 11.5 Å². The van der Waals surface area contributed by atoms with Crippen LogP contribution in [0.4, 0.5) is 0 Å². The van der Waals surface area contributed by atoms with E-state index in [0.717, 1.165) is 29.7 Å². The number of rotatable bonds is 6. The highest BCUT2D eigenvalue weighted by Crippen LogP contribution is 2.41. The van der Waals surface area contributed by atoms with Crippen molar-refractivity contribution in [2.24, 2.45) is 0 Å². The number of morpholine rings is 1. The molecule has 3 aliphatic heterocycles. The van der Waals surface area contributed by atoms with Gasteiger partial charge in [-0.3, -0.25) is 14.5 Å². The van der Waals surface area contributed by atoms with E-state index in [-0.39, 0.29) is 11.3 Å². The minimum atomic E-state index is -0.684. The first-order chi connectivity index (χ1) is 17.0. The fourth-order valence-electron chi connectivity index (χ4n) is 4.74. The highest BCUT2D eigenvalue weighted by molar-refractivity contribution is 9.10. The second-order valence-corrected chi connectivity index (χ2v) is 9.63. The molecular weight excluding hydrogens is 516 g/mol. The van der Waals surface area contributed by atoms with Crippen LogP contribution in [0.15, 0.2) is 52.5 Å². The van der Waals surface area contributed by atoms with E-state index in [2.05, 4.69) is 20.8 Å². The van der Waals surface area contributed by atoms with Crippen molar-refractivity contribution < 1.29 is 28.9 Å². The Morgan fingerprint density at radius 2 is 1.66 bits per heavy atom. The Balaban J connectivity index is 1.48. The zero-order chi connectivity index (χ0) is 24.4. The summed E-state index contributed by atoms with van der Waals surface area (Å²) in [6.07, 6.45) is 0.712. The lowest BCUT2D eigenvalue weighted by Gasteiger charge is -2.29. The molecule has 0 aromatic heterocycles. The van der Waals surface area contributed by atoms with Crippen molar-refractivity contribution in [1.29, 1.82) is 0 Å². The lowest BCUT2D eigenvalue weighted by atomic mass is 9.95. The topological polar surface area (TPSA) is 88.5 Å². The molecule has 1 atom stereocenters. The molecule has 0 spiro atoms. The van der Waals surface area contributed by atoms with Gasteiger partial charge in [0.1, 0.15) is 19.0 Å². The lowest BCUT2D eigenvalue weighted by molar-refractivity contribution is -0.140. The van der Waals surface area contributed by atoms with Gasteiger partial charge in [0.15, 0.2) is 11.5 Å². The van der Waals surface area contributed by atoms with Gasteiger partial charge in [-0.25, -0.2) is 0 Å². The first-order valence-corrected chi connectivity index (χ1v) is 12.6. The number of fused-ring (bicyclic) bond motifs is 1. The van der Waals surface area contributed by atoms with Gasteiger partial charge in [-0.1, -0.05) is 28.1 Å². The Labute approximate surface area is 212 Å². The maximum atomic E-state index is 13.2. The van der Waals surface area contributed by atoms with E-state index in [1.54, 1.807) is 23.1 Å². The maximum Gasteiger partial charge on any atom is 0.295 e. The van der Waals surface area contributed by atoms with Gasteiger partial charge in [-0.2, -0.15) is 0 Å². The van der Waals surface area contributed by atoms with Crippen LogP contribution < -0.4 is 9.47 Å². The normalized spacial score (nSPS) is 22.0. The number of aliphatic hydroxyl groups is 1. The number of aliphatic hydroxyl groups excluding tert-OH is 1. The highest BCUT2D eigenvalue weighted by atomic mass is 79.9. The third kappa shape index (κ3) is 4.94. The van der Waals surface area contributed by atoms with Gasteiger partial charge in [0.2, 0.25) is 0 Å². The number of hydrogen-bond donors (Lipinski definition) is 1. The molecule has 8 nitrogen and oxygen atoms in total. The van der Waals surface area contributed by atoms with Gasteiger partial charge in [0.25, 0.3) is 11.7 Å².